The number of nitrogens with zero attached hydrogens (tertiary/aromatic N) is 1. The molecule has 2 heterocycles. The number of fused-ring (bicyclic) bond motifs is 1. The van der Waals surface area contributed by atoms with Gasteiger partial charge in [0.2, 0.25) is 0 Å². The summed E-state index contributed by atoms with van der Waals surface area (Å²) < 4.78 is 5.38. The Morgan fingerprint density at radius 2 is 2.06 bits per heavy atom. The van der Waals surface area contributed by atoms with Crippen molar-refractivity contribution in [3.05, 3.63) is 42.1 Å². The monoisotopic (exact) mass is 229 g/mol. The Balaban J connectivity index is 2.13. The van der Waals surface area contributed by atoms with Crippen LogP contribution in [0.15, 0.2) is 35.2 Å². The molecule has 2 aromatic rings. The summed E-state index contributed by atoms with van der Waals surface area (Å²) in [7, 11) is 0. The molecule has 0 radical (unpaired) electrons. The summed E-state index contributed by atoms with van der Waals surface area (Å²) in [5.41, 5.74) is 2.32. The van der Waals surface area contributed by atoms with Crippen LogP contribution in [0.2, 0.25) is 0 Å². The maximum Gasteiger partial charge on any atom is 0.169 e. The van der Waals surface area contributed by atoms with Gasteiger partial charge in [0, 0.05) is 30.8 Å². The molecule has 1 unspecified atom stereocenters. The summed E-state index contributed by atoms with van der Waals surface area (Å²) in [4.78, 5) is 15.9. The van der Waals surface area contributed by atoms with Crippen LogP contribution in [0.3, 0.4) is 0 Å². The summed E-state index contributed by atoms with van der Waals surface area (Å²) in [6.45, 7) is 0. The van der Waals surface area contributed by atoms with E-state index in [0.717, 1.165) is 11.1 Å². The molecular formula is C13H11NO3. The Hall–Kier alpha value is -1.94. The number of hydrogen-bond acceptors (Lipinski definition) is 4. The smallest absolute Gasteiger partial charge is 0.169 e. The molecule has 2 aromatic heterocycles. The molecule has 0 saturated heterocycles. The summed E-state index contributed by atoms with van der Waals surface area (Å²) in [6, 6.07) is 3.67. The molecule has 1 N–H and O–H groups in total. The maximum absolute atomic E-state index is 11.9. The molecule has 1 aliphatic rings. The number of ketones is 1. The number of aliphatic hydroxyl groups is 1. The quantitative estimate of drug-likeness (QED) is 0.810. The second-order valence-corrected chi connectivity index (χ2v) is 4.17. The largest absolute Gasteiger partial charge is 0.468 e. The van der Waals surface area contributed by atoms with E-state index in [-0.39, 0.29) is 12.2 Å². The minimum absolute atomic E-state index is 0.0562. The Morgan fingerprint density at radius 3 is 2.82 bits per heavy atom. The molecule has 86 valence electrons. The second kappa shape index (κ2) is 3.82. The van der Waals surface area contributed by atoms with Crippen molar-refractivity contribution in [2.75, 3.05) is 0 Å². The van der Waals surface area contributed by atoms with Crippen LogP contribution >= 0.6 is 0 Å². The van der Waals surface area contributed by atoms with Crippen molar-refractivity contribution in [1.29, 1.82) is 0 Å². The molecule has 17 heavy (non-hydrogen) atoms. The van der Waals surface area contributed by atoms with Gasteiger partial charge in [-0.2, -0.15) is 0 Å². The molecule has 3 rings (SSSR count). The van der Waals surface area contributed by atoms with Crippen LogP contribution in [0, 0.1) is 0 Å². The zero-order valence-corrected chi connectivity index (χ0v) is 9.09. The maximum atomic E-state index is 11.9. The van der Waals surface area contributed by atoms with Gasteiger partial charge in [-0.05, 0) is 17.7 Å². The molecule has 0 amide bonds. The van der Waals surface area contributed by atoms with Crippen molar-refractivity contribution in [1.82, 2.24) is 4.98 Å². The van der Waals surface area contributed by atoms with E-state index in [2.05, 4.69) is 4.98 Å². The van der Waals surface area contributed by atoms with Gasteiger partial charge >= 0.3 is 0 Å². The minimum atomic E-state index is -0.619. The van der Waals surface area contributed by atoms with E-state index < -0.39 is 6.10 Å². The van der Waals surface area contributed by atoms with Gasteiger partial charge in [0.25, 0.3) is 0 Å². The summed E-state index contributed by atoms with van der Waals surface area (Å²) >= 11 is 0. The highest BCUT2D eigenvalue weighted by Gasteiger charge is 2.29. The van der Waals surface area contributed by atoms with Crippen LogP contribution in [0.4, 0.5) is 0 Å². The SMILES string of the molecule is O=C1CC(O)Cc2occ(-c3ccncc3)c21. The summed E-state index contributed by atoms with van der Waals surface area (Å²) in [5.74, 6) is 0.528. The fourth-order valence-electron chi connectivity index (χ4n) is 2.20. The van der Waals surface area contributed by atoms with Crippen LogP contribution < -0.4 is 0 Å². The topological polar surface area (TPSA) is 63.3 Å². The Labute approximate surface area is 97.9 Å². The van der Waals surface area contributed by atoms with Crippen molar-refractivity contribution in [3.63, 3.8) is 0 Å². The second-order valence-electron chi connectivity index (χ2n) is 4.17. The average molecular weight is 229 g/mol. The Bertz CT molecular complexity index is 559. The molecule has 1 aliphatic carbocycles. The Kier molecular flexibility index (Phi) is 2.30. The van der Waals surface area contributed by atoms with Gasteiger partial charge in [0.15, 0.2) is 5.78 Å². The first-order valence-electron chi connectivity index (χ1n) is 5.47. The van der Waals surface area contributed by atoms with E-state index >= 15 is 0 Å². The minimum Gasteiger partial charge on any atom is -0.468 e. The number of aliphatic hydroxyl groups excluding tert-OH is 1. The third-order valence-corrected chi connectivity index (χ3v) is 2.98. The predicted octanol–water partition coefficient (Wildman–Crippen LogP) is 1.83. The van der Waals surface area contributed by atoms with E-state index in [0.29, 0.717) is 17.7 Å². The van der Waals surface area contributed by atoms with E-state index in [9.17, 15) is 9.90 Å². The third-order valence-electron chi connectivity index (χ3n) is 2.98. The first-order valence-corrected chi connectivity index (χ1v) is 5.47. The molecule has 0 spiro atoms. The number of carbonyl (C=O) groups is 1. The normalized spacial score (nSPS) is 19.1. The van der Waals surface area contributed by atoms with Gasteiger partial charge in [0.05, 0.1) is 17.9 Å². The predicted molar refractivity (Wildman–Crippen MR) is 60.6 cm³/mol. The zero-order valence-electron chi connectivity index (χ0n) is 9.09. The third kappa shape index (κ3) is 1.66. The standard InChI is InChI=1S/C13H11NO3/c15-9-5-11(16)13-10(7-17-12(13)6-9)8-1-3-14-4-2-8/h1-4,7,9,15H,5-6H2. The Morgan fingerprint density at radius 1 is 1.29 bits per heavy atom. The van der Waals surface area contributed by atoms with Gasteiger partial charge in [-0.1, -0.05) is 0 Å². The van der Waals surface area contributed by atoms with Gasteiger partial charge in [-0.3, -0.25) is 9.78 Å². The van der Waals surface area contributed by atoms with Gasteiger partial charge in [-0.25, -0.2) is 0 Å². The number of Topliss-reactive ketones (excluding diaryl/α,β-unsaturated/α-hetero) is 1. The highest BCUT2D eigenvalue weighted by molar-refractivity contribution is 6.04. The number of aromatic nitrogens is 1. The first kappa shape index (κ1) is 10.2. The van der Waals surface area contributed by atoms with Crippen molar-refractivity contribution in [3.8, 4) is 11.1 Å². The summed E-state index contributed by atoms with van der Waals surface area (Å²) in [5, 5.41) is 9.52. The van der Waals surface area contributed by atoms with Gasteiger partial charge < -0.3 is 9.52 Å². The van der Waals surface area contributed by atoms with Gasteiger partial charge in [0.1, 0.15) is 5.76 Å². The average Bonchev–Trinajstić information content (AvgIpc) is 2.74. The zero-order chi connectivity index (χ0) is 11.8. The fourth-order valence-corrected chi connectivity index (χ4v) is 2.20. The molecule has 0 aromatic carbocycles. The molecule has 0 bridgehead atoms. The van der Waals surface area contributed by atoms with E-state index in [1.54, 1.807) is 18.7 Å². The van der Waals surface area contributed by atoms with Crippen LogP contribution in [0.5, 0.6) is 0 Å². The molecule has 0 aliphatic heterocycles. The molecule has 4 nitrogen and oxygen atoms in total. The lowest BCUT2D eigenvalue weighted by molar-refractivity contribution is 0.0839. The van der Waals surface area contributed by atoms with Crippen molar-refractivity contribution in [2.24, 2.45) is 0 Å². The highest BCUT2D eigenvalue weighted by atomic mass is 16.3. The number of hydrogen-bond donors (Lipinski definition) is 1. The van der Waals surface area contributed by atoms with Crippen molar-refractivity contribution in [2.45, 2.75) is 18.9 Å². The van der Waals surface area contributed by atoms with E-state index in [4.69, 9.17) is 4.42 Å². The number of pyridine rings is 1. The van der Waals surface area contributed by atoms with Crippen LogP contribution in [-0.2, 0) is 6.42 Å². The lowest BCUT2D eigenvalue weighted by Crippen LogP contribution is -2.23. The lowest BCUT2D eigenvalue weighted by atomic mass is 9.90. The molecule has 0 fully saturated rings. The van der Waals surface area contributed by atoms with E-state index in [1.165, 1.54) is 0 Å². The van der Waals surface area contributed by atoms with Crippen LogP contribution in [0.25, 0.3) is 11.1 Å². The van der Waals surface area contributed by atoms with Crippen LogP contribution in [-0.4, -0.2) is 22.0 Å². The molecule has 4 heteroatoms. The molecule has 1 atom stereocenters. The first-order chi connectivity index (χ1) is 8.25. The van der Waals surface area contributed by atoms with Gasteiger partial charge in [-0.15, -0.1) is 0 Å². The van der Waals surface area contributed by atoms with Crippen molar-refractivity contribution < 1.29 is 14.3 Å². The van der Waals surface area contributed by atoms with E-state index in [1.807, 2.05) is 12.1 Å². The van der Waals surface area contributed by atoms with Crippen LogP contribution in [0.1, 0.15) is 22.5 Å². The number of rotatable bonds is 1. The number of carbonyl (C=O) groups excluding carboxylic acids is 1. The highest BCUT2D eigenvalue weighted by Crippen LogP contribution is 2.33. The molecular weight excluding hydrogens is 218 g/mol. The lowest BCUT2D eigenvalue weighted by Gasteiger charge is -2.15. The molecule has 0 saturated carbocycles. The fraction of sp³-hybridized carbons (Fsp3) is 0.231. The number of furan rings is 1. The summed E-state index contributed by atoms with van der Waals surface area (Å²) in [6.07, 6.45) is 4.90. The van der Waals surface area contributed by atoms with Crippen molar-refractivity contribution >= 4 is 5.78 Å².